The van der Waals surface area contributed by atoms with Gasteiger partial charge < -0.3 is 9.15 Å². The number of nitrogens with one attached hydrogen (secondary N) is 1. The van der Waals surface area contributed by atoms with Gasteiger partial charge in [0.1, 0.15) is 11.3 Å². The summed E-state index contributed by atoms with van der Waals surface area (Å²) in [4.78, 5) is 39.1. The number of carbonyl (C=O) groups excluding carboxylic acids is 3. The molecule has 2 aliphatic heterocycles. The van der Waals surface area contributed by atoms with Crippen LogP contribution in [0.15, 0.2) is 22.8 Å². The fourth-order valence-electron chi connectivity index (χ4n) is 3.82. The molecule has 3 rings (SSSR count). The number of methoxy groups -OCH3 is 1. The Labute approximate surface area is 144 Å². The molecule has 24 heavy (non-hydrogen) atoms. The number of imide groups is 1. The first-order valence-electron chi connectivity index (χ1n) is 7.67. The zero-order chi connectivity index (χ0) is 17.5. The Bertz CT molecular complexity index is 661. The summed E-state index contributed by atoms with van der Waals surface area (Å²) in [6.45, 7) is 0. The topological polar surface area (TPSA) is 88.8 Å². The summed E-state index contributed by atoms with van der Waals surface area (Å²) in [5.74, 6) is -1.43. The normalized spacial score (nSPS) is 32.3. The molecule has 0 aliphatic carbocycles. The van der Waals surface area contributed by atoms with Crippen molar-refractivity contribution in [3.63, 3.8) is 0 Å². The predicted molar refractivity (Wildman–Crippen MR) is 87.1 cm³/mol. The number of esters is 1. The maximum absolute atomic E-state index is 12.7. The molecule has 4 atom stereocenters. The van der Waals surface area contributed by atoms with Crippen LogP contribution in [0, 0.1) is 11.8 Å². The molecule has 130 valence electrons. The van der Waals surface area contributed by atoms with Gasteiger partial charge in [-0.15, -0.1) is 0 Å². The van der Waals surface area contributed by atoms with Gasteiger partial charge in [0, 0.05) is 7.05 Å². The van der Waals surface area contributed by atoms with Gasteiger partial charge in [0.05, 0.1) is 31.3 Å². The summed E-state index contributed by atoms with van der Waals surface area (Å²) in [7, 11) is 2.75. The molecule has 1 aromatic rings. The number of furan rings is 1. The van der Waals surface area contributed by atoms with Crippen LogP contribution >= 0.6 is 11.8 Å². The SMILES string of the molecule is COC(=O)[C@]1(CCSC)N[C@@H](c2ccco2)[C@H]2C(=O)N(C)C(=O)[C@H]21. The maximum Gasteiger partial charge on any atom is 0.326 e. The van der Waals surface area contributed by atoms with E-state index in [2.05, 4.69) is 5.32 Å². The number of hydrogen-bond acceptors (Lipinski definition) is 7. The lowest BCUT2D eigenvalue weighted by Crippen LogP contribution is -2.56. The molecule has 0 spiro atoms. The van der Waals surface area contributed by atoms with Gasteiger partial charge in [0.2, 0.25) is 11.8 Å². The van der Waals surface area contributed by atoms with Gasteiger partial charge >= 0.3 is 5.97 Å². The second kappa shape index (κ2) is 6.25. The molecule has 2 aliphatic rings. The van der Waals surface area contributed by atoms with Crippen LogP contribution in [-0.4, -0.2) is 54.4 Å². The summed E-state index contributed by atoms with van der Waals surface area (Å²) < 4.78 is 10.5. The van der Waals surface area contributed by atoms with E-state index in [1.165, 1.54) is 20.4 Å². The quantitative estimate of drug-likeness (QED) is 0.620. The Morgan fingerprint density at radius 2 is 2.21 bits per heavy atom. The fraction of sp³-hybridized carbons (Fsp3) is 0.562. The average molecular weight is 352 g/mol. The molecule has 0 aromatic carbocycles. The number of thioether (sulfide) groups is 1. The van der Waals surface area contributed by atoms with Gasteiger partial charge in [-0.2, -0.15) is 11.8 Å². The first-order chi connectivity index (χ1) is 11.5. The van der Waals surface area contributed by atoms with Gasteiger partial charge in [-0.05, 0) is 30.6 Å². The lowest BCUT2D eigenvalue weighted by atomic mass is 9.78. The summed E-state index contributed by atoms with van der Waals surface area (Å²) in [6, 6.07) is 2.93. The number of nitrogens with zero attached hydrogens (tertiary/aromatic N) is 1. The minimum Gasteiger partial charge on any atom is -0.468 e. The van der Waals surface area contributed by atoms with Crippen LogP contribution in [0.4, 0.5) is 0 Å². The predicted octanol–water partition coefficient (Wildman–Crippen LogP) is 0.820. The van der Waals surface area contributed by atoms with E-state index in [4.69, 9.17) is 9.15 Å². The molecule has 1 aromatic heterocycles. The molecule has 2 amide bonds. The first-order valence-corrected chi connectivity index (χ1v) is 9.07. The highest BCUT2D eigenvalue weighted by molar-refractivity contribution is 7.98. The molecular formula is C16H20N2O5S. The molecule has 2 fully saturated rings. The van der Waals surface area contributed by atoms with E-state index in [-0.39, 0.29) is 11.8 Å². The van der Waals surface area contributed by atoms with E-state index in [1.54, 1.807) is 23.9 Å². The van der Waals surface area contributed by atoms with Crippen LogP contribution in [0.3, 0.4) is 0 Å². The Morgan fingerprint density at radius 1 is 1.46 bits per heavy atom. The second-order valence-corrected chi connectivity index (χ2v) is 7.07. The van der Waals surface area contributed by atoms with Crippen LogP contribution in [0.5, 0.6) is 0 Å². The largest absolute Gasteiger partial charge is 0.468 e. The summed E-state index contributed by atoms with van der Waals surface area (Å²) in [6.07, 6.45) is 3.83. The summed E-state index contributed by atoms with van der Waals surface area (Å²) in [5.41, 5.74) is -1.22. The van der Waals surface area contributed by atoms with E-state index in [9.17, 15) is 14.4 Å². The highest BCUT2D eigenvalue weighted by Crippen LogP contribution is 2.50. The number of rotatable bonds is 5. The number of likely N-dealkylation sites (tertiary alicyclic amines) is 1. The molecule has 7 nitrogen and oxygen atoms in total. The maximum atomic E-state index is 12.7. The standard InChI is InChI=1S/C16H20N2O5S/c1-18-13(19)10-11(14(18)20)16(6-8-24-3,15(21)22-2)17-12(10)9-5-4-7-23-9/h4-5,7,10-12,17H,6,8H2,1-3H3/t10-,11-,12-,16+/m0/s1. The molecular weight excluding hydrogens is 332 g/mol. The van der Waals surface area contributed by atoms with Gasteiger partial charge in [0.15, 0.2) is 0 Å². The number of hydrogen-bond donors (Lipinski definition) is 1. The minimum absolute atomic E-state index is 0.297. The summed E-state index contributed by atoms with van der Waals surface area (Å²) >= 11 is 1.57. The third-order valence-corrected chi connectivity index (χ3v) is 5.59. The molecule has 1 N–H and O–H groups in total. The van der Waals surface area contributed by atoms with E-state index < -0.39 is 29.4 Å². The van der Waals surface area contributed by atoms with Crippen LogP contribution in [0.25, 0.3) is 0 Å². The van der Waals surface area contributed by atoms with Gasteiger partial charge in [-0.25, -0.2) is 0 Å². The highest BCUT2D eigenvalue weighted by Gasteiger charge is 2.68. The van der Waals surface area contributed by atoms with E-state index in [1.807, 2.05) is 6.26 Å². The molecule has 0 radical (unpaired) electrons. The third kappa shape index (κ3) is 2.28. The number of ether oxygens (including phenoxy) is 1. The Morgan fingerprint density at radius 3 is 2.79 bits per heavy atom. The molecule has 8 heteroatoms. The monoisotopic (exact) mass is 352 g/mol. The van der Waals surface area contributed by atoms with Crippen LogP contribution in [-0.2, 0) is 19.1 Å². The Kier molecular flexibility index (Phi) is 4.44. The third-order valence-electron chi connectivity index (χ3n) is 4.97. The van der Waals surface area contributed by atoms with Crippen molar-refractivity contribution in [2.75, 3.05) is 26.2 Å². The summed E-state index contributed by atoms with van der Waals surface area (Å²) in [5, 5.41) is 3.23. The number of amides is 2. The zero-order valence-corrected chi connectivity index (χ0v) is 14.6. The average Bonchev–Trinajstić information content (AvgIpc) is 3.27. The number of carbonyl (C=O) groups is 3. The molecule has 2 saturated heterocycles. The van der Waals surface area contributed by atoms with Gasteiger partial charge in [0.25, 0.3) is 0 Å². The molecule has 0 unspecified atom stereocenters. The second-order valence-electron chi connectivity index (χ2n) is 6.08. The Balaban J connectivity index is 2.10. The molecule has 0 bridgehead atoms. The Hall–Kier alpha value is -1.80. The van der Waals surface area contributed by atoms with E-state index >= 15 is 0 Å². The van der Waals surface area contributed by atoms with Crippen LogP contribution in [0.1, 0.15) is 18.2 Å². The van der Waals surface area contributed by atoms with Crippen molar-refractivity contribution in [1.29, 1.82) is 0 Å². The lowest BCUT2D eigenvalue weighted by Gasteiger charge is -2.31. The lowest BCUT2D eigenvalue weighted by molar-refractivity contribution is -0.154. The number of fused-ring (bicyclic) bond motifs is 1. The van der Waals surface area contributed by atoms with Crippen LogP contribution < -0.4 is 5.32 Å². The first kappa shape index (κ1) is 17.0. The fourth-order valence-corrected chi connectivity index (χ4v) is 4.35. The highest BCUT2D eigenvalue weighted by atomic mass is 32.2. The van der Waals surface area contributed by atoms with E-state index in [0.29, 0.717) is 17.9 Å². The zero-order valence-electron chi connectivity index (χ0n) is 13.8. The van der Waals surface area contributed by atoms with E-state index in [0.717, 1.165) is 4.90 Å². The van der Waals surface area contributed by atoms with Gasteiger partial charge in [-0.3, -0.25) is 24.6 Å². The minimum atomic E-state index is -1.22. The van der Waals surface area contributed by atoms with Crippen molar-refractivity contribution in [1.82, 2.24) is 10.2 Å². The molecule has 3 heterocycles. The van der Waals surface area contributed by atoms with Crippen molar-refractivity contribution in [3.8, 4) is 0 Å². The van der Waals surface area contributed by atoms with Crippen molar-refractivity contribution in [3.05, 3.63) is 24.2 Å². The van der Waals surface area contributed by atoms with Crippen molar-refractivity contribution in [2.45, 2.75) is 18.0 Å². The van der Waals surface area contributed by atoms with Crippen molar-refractivity contribution < 1.29 is 23.5 Å². The molecule has 0 saturated carbocycles. The van der Waals surface area contributed by atoms with Crippen molar-refractivity contribution in [2.24, 2.45) is 11.8 Å². The smallest absolute Gasteiger partial charge is 0.326 e. The van der Waals surface area contributed by atoms with Crippen molar-refractivity contribution >= 4 is 29.5 Å². The van der Waals surface area contributed by atoms with Gasteiger partial charge in [-0.1, -0.05) is 0 Å². The van der Waals surface area contributed by atoms with Crippen LogP contribution in [0.2, 0.25) is 0 Å².